The molecule has 1 nitrogen and oxygen atoms in total. The van der Waals surface area contributed by atoms with Gasteiger partial charge in [0, 0.05) is 9.79 Å². The zero-order chi connectivity index (χ0) is 13.9. The Bertz CT molecular complexity index is 551. The molecule has 2 aromatic rings. The lowest BCUT2D eigenvalue weighted by Gasteiger charge is -2.09. The summed E-state index contributed by atoms with van der Waals surface area (Å²) in [5.74, 6) is -0.641. The van der Waals surface area contributed by atoms with Crippen LogP contribution in [-0.4, -0.2) is 6.36 Å². The normalized spacial score (nSPS) is 11.4. The third-order valence-electron chi connectivity index (χ3n) is 2.09. The Morgan fingerprint density at radius 2 is 1.58 bits per heavy atom. The maximum atomic E-state index is 12.7. The lowest BCUT2D eigenvalue weighted by atomic mass is 10.3. The predicted molar refractivity (Wildman–Crippen MR) is 63.6 cm³/mol. The number of hydrogen-bond acceptors (Lipinski definition) is 2. The standard InChI is InChI=1S/C13H8F4OS/c14-9-4-6-11(7-5-9)19-12-3-1-2-10(8-12)18-13(15,16)17/h1-8H. The Balaban J connectivity index is 2.13. The summed E-state index contributed by atoms with van der Waals surface area (Å²) in [5.41, 5.74) is 0. The van der Waals surface area contributed by atoms with Crippen LogP contribution in [0.4, 0.5) is 17.6 Å². The molecular formula is C13H8F4OS. The van der Waals surface area contributed by atoms with Crippen LogP contribution in [0.5, 0.6) is 5.75 Å². The molecule has 100 valence electrons. The molecule has 0 fully saturated rings. The topological polar surface area (TPSA) is 9.23 Å². The maximum Gasteiger partial charge on any atom is 0.573 e. The van der Waals surface area contributed by atoms with E-state index in [4.69, 9.17) is 0 Å². The van der Waals surface area contributed by atoms with E-state index in [1.807, 2.05) is 0 Å². The van der Waals surface area contributed by atoms with E-state index in [0.29, 0.717) is 4.90 Å². The van der Waals surface area contributed by atoms with E-state index in [1.165, 1.54) is 42.1 Å². The van der Waals surface area contributed by atoms with Crippen LogP contribution >= 0.6 is 11.8 Å². The predicted octanol–water partition coefficient (Wildman–Crippen LogP) is 4.88. The summed E-state index contributed by atoms with van der Waals surface area (Å²) in [6.07, 6.45) is -4.71. The van der Waals surface area contributed by atoms with Gasteiger partial charge in [0.05, 0.1) is 0 Å². The Morgan fingerprint density at radius 1 is 0.895 bits per heavy atom. The molecule has 0 atom stereocenters. The van der Waals surface area contributed by atoms with E-state index in [2.05, 4.69) is 4.74 Å². The molecule has 0 amide bonds. The summed E-state index contributed by atoms with van der Waals surface area (Å²) >= 11 is 1.22. The highest BCUT2D eigenvalue weighted by molar-refractivity contribution is 7.99. The van der Waals surface area contributed by atoms with Crippen molar-refractivity contribution in [2.24, 2.45) is 0 Å². The van der Waals surface area contributed by atoms with Crippen LogP contribution in [-0.2, 0) is 0 Å². The molecule has 0 heterocycles. The van der Waals surface area contributed by atoms with Crippen LogP contribution in [0.15, 0.2) is 58.3 Å². The molecule has 0 spiro atoms. The van der Waals surface area contributed by atoms with Crippen molar-refractivity contribution in [1.82, 2.24) is 0 Å². The third kappa shape index (κ3) is 4.48. The molecule has 6 heteroatoms. The lowest BCUT2D eigenvalue weighted by Crippen LogP contribution is -2.17. The summed E-state index contributed by atoms with van der Waals surface area (Å²) in [5, 5.41) is 0. The van der Waals surface area contributed by atoms with E-state index in [0.717, 1.165) is 4.90 Å². The number of ether oxygens (including phenoxy) is 1. The molecule has 0 radical (unpaired) electrons. The molecule has 0 N–H and O–H groups in total. The Labute approximate surface area is 111 Å². The number of rotatable bonds is 3. The van der Waals surface area contributed by atoms with E-state index in [-0.39, 0.29) is 11.6 Å². The fourth-order valence-electron chi connectivity index (χ4n) is 1.37. The van der Waals surface area contributed by atoms with Crippen LogP contribution in [0, 0.1) is 5.82 Å². The van der Waals surface area contributed by atoms with Gasteiger partial charge in [-0.2, -0.15) is 0 Å². The molecule has 0 saturated heterocycles. The van der Waals surface area contributed by atoms with Gasteiger partial charge in [-0.25, -0.2) is 4.39 Å². The van der Waals surface area contributed by atoms with Gasteiger partial charge in [0.15, 0.2) is 0 Å². The van der Waals surface area contributed by atoms with Crippen LogP contribution in [0.2, 0.25) is 0 Å². The fourth-order valence-corrected chi connectivity index (χ4v) is 2.24. The van der Waals surface area contributed by atoms with Crippen molar-refractivity contribution in [2.45, 2.75) is 16.2 Å². The zero-order valence-electron chi connectivity index (χ0n) is 9.45. The second kappa shape index (κ2) is 5.52. The highest BCUT2D eigenvalue weighted by Crippen LogP contribution is 2.31. The molecule has 0 aliphatic carbocycles. The minimum atomic E-state index is -4.71. The lowest BCUT2D eigenvalue weighted by molar-refractivity contribution is -0.274. The molecule has 2 rings (SSSR count). The van der Waals surface area contributed by atoms with Crippen LogP contribution in [0.25, 0.3) is 0 Å². The molecule has 0 unspecified atom stereocenters. The van der Waals surface area contributed by atoms with E-state index < -0.39 is 6.36 Å². The Kier molecular flexibility index (Phi) is 3.99. The van der Waals surface area contributed by atoms with Gasteiger partial charge in [-0.05, 0) is 42.5 Å². The summed E-state index contributed by atoms with van der Waals surface area (Å²) in [6, 6.07) is 11.3. The Morgan fingerprint density at radius 3 is 2.21 bits per heavy atom. The number of benzene rings is 2. The molecular weight excluding hydrogens is 280 g/mol. The second-order valence-electron chi connectivity index (χ2n) is 3.58. The van der Waals surface area contributed by atoms with Gasteiger partial charge >= 0.3 is 6.36 Å². The largest absolute Gasteiger partial charge is 0.573 e. The van der Waals surface area contributed by atoms with Gasteiger partial charge in [0.25, 0.3) is 0 Å². The summed E-state index contributed by atoms with van der Waals surface area (Å²) < 4.78 is 52.8. The quantitative estimate of drug-likeness (QED) is 0.745. The van der Waals surface area contributed by atoms with Crippen molar-refractivity contribution in [3.8, 4) is 5.75 Å². The number of hydrogen-bond donors (Lipinski definition) is 0. The van der Waals surface area contributed by atoms with Crippen molar-refractivity contribution in [2.75, 3.05) is 0 Å². The smallest absolute Gasteiger partial charge is 0.406 e. The molecule has 0 aliphatic rings. The first kappa shape index (κ1) is 13.7. The number of halogens is 4. The summed E-state index contributed by atoms with van der Waals surface area (Å²) in [6.45, 7) is 0. The van der Waals surface area contributed by atoms with Gasteiger partial charge in [0.1, 0.15) is 11.6 Å². The van der Waals surface area contributed by atoms with Crippen LogP contribution < -0.4 is 4.74 Å². The highest BCUT2D eigenvalue weighted by Gasteiger charge is 2.31. The van der Waals surface area contributed by atoms with Gasteiger partial charge in [-0.15, -0.1) is 13.2 Å². The second-order valence-corrected chi connectivity index (χ2v) is 4.73. The highest BCUT2D eigenvalue weighted by atomic mass is 32.2. The van der Waals surface area contributed by atoms with E-state index in [1.54, 1.807) is 18.2 Å². The third-order valence-corrected chi connectivity index (χ3v) is 3.09. The minimum Gasteiger partial charge on any atom is -0.406 e. The van der Waals surface area contributed by atoms with Gasteiger partial charge in [-0.3, -0.25) is 0 Å². The van der Waals surface area contributed by atoms with Crippen molar-refractivity contribution >= 4 is 11.8 Å². The van der Waals surface area contributed by atoms with Gasteiger partial charge < -0.3 is 4.74 Å². The maximum absolute atomic E-state index is 12.7. The minimum absolute atomic E-state index is 0.278. The average molecular weight is 288 g/mol. The summed E-state index contributed by atoms with van der Waals surface area (Å²) in [4.78, 5) is 1.30. The van der Waals surface area contributed by atoms with Gasteiger partial charge in [0.2, 0.25) is 0 Å². The molecule has 19 heavy (non-hydrogen) atoms. The average Bonchev–Trinajstić information content (AvgIpc) is 2.30. The first-order chi connectivity index (χ1) is 8.92. The molecule has 0 saturated carbocycles. The zero-order valence-corrected chi connectivity index (χ0v) is 10.3. The molecule has 0 bridgehead atoms. The van der Waals surface area contributed by atoms with Crippen LogP contribution in [0.1, 0.15) is 0 Å². The monoisotopic (exact) mass is 288 g/mol. The molecule has 2 aromatic carbocycles. The first-order valence-corrected chi connectivity index (χ1v) is 6.03. The molecule has 0 aliphatic heterocycles. The van der Waals surface area contributed by atoms with E-state index in [9.17, 15) is 17.6 Å². The number of alkyl halides is 3. The van der Waals surface area contributed by atoms with Crippen molar-refractivity contribution in [3.05, 3.63) is 54.3 Å². The van der Waals surface area contributed by atoms with Crippen molar-refractivity contribution in [3.63, 3.8) is 0 Å². The summed E-state index contributed by atoms with van der Waals surface area (Å²) in [7, 11) is 0. The van der Waals surface area contributed by atoms with Gasteiger partial charge in [-0.1, -0.05) is 17.8 Å². The SMILES string of the molecule is Fc1ccc(Sc2cccc(OC(F)(F)F)c2)cc1. The van der Waals surface area contributed by atoms with Crippen molar-refractivity contribution < 1.29 is 22.3 Å². The fraction of sp³-hybridized carbons (Fsp3) is 0.0769. The Hall–Kier alpha value is -1.69. The van der Waals surface area contributed by atoms with Crippen LogP contribution in [0.3, 0.4) is 0 Å². The molecule has 0 aromatic heterocycles. The van der Waals surface area contributed by atoms with Crippen molar-refractivity contribution in [1.29, 1.82) is 0 Å². The first-order valence-electron chi connectivity index (χ1n) is 5.22. The van der Waals surface area contributed by atoms with E-state index >= 15 is 0 Å².